The van der Waals surface area contributed by atoms with E-state index in [9.17, 15) is 4.39 Å². The maximum absolute atomic E-state index is 13.2. The zero-order chi connectivity index (χ0) is 16.2. The molecule has 116 valence electrons. The summed E-state index contributed by atoms with van der Waals surface area (Å²) in [4.78, 5) is 2.20. The van der Waals surface area contributed by atoms with E-state index in [4.69, 9.17) is 0 Å². The molecule has 0 fully saturated rings. The van der Waals surface area contributed by atoms with Gasteiger partial charge in [0.15, 0.2) is 0 Å². The summed E-state index contributed by atoms with van der Waals surface area (Å²) in [6, 6.07) is 25.7. The Kier molecular flexibility index (Phi) is 4.42. The fourth-order valence-corrected chi connectivity index (χ4v) is 2.79. The molecule has 0 atom stereocenters. The normalized spacial score (nSPS) is 10.8. The molecular weight excluding hydrogens is 285 g/mol. The van der Waals surface area contributed by atoms with Crippen LogP contribution in [-0.4, -0.2) is 6.04 Å². The fourth-order valence-electron chi connectivity index (χ4n) is 2.79. The highest BCUT2D eigenvalue weighted by molar-refractivity contribution is 5.70. The van der Waals surface area contributed by atoms with Gasteiger partial charge in [0.1, 0.15) is 5.82 Å². The Morgan fingerprint density at radius 3 is 1.65 bits per heavy atom. The van der Waals surface area contributed by atoms with E-state index in [1.165, 1.54) is 23.3 Å². The van der Waals surface area contributed by atoms with Gasteiger partial charge in [-0.25, -0.2) is 4.39 Å². The van der Waals surface area contributed by atoms with Crippen molar-refractivity contribution in [2.75, 3.05) is 4.90 Å². The molecule has 0 N–H and O–H groups in total. The molecule has 0 aliphatic heterocycles. The molecule has 0 saturated carbocycles. The second-order valence-electron chi connectivity index (χ2n) is 5.85. The molecule has 1 nitrogen and oxygen atoms in total. The van der Waals surface area contributed by atoms with Crippen molar-refractivity contribution in [1.29, 1.82) is 0 Å². The quantitative estimate of drug-likeness (QED) is 0.568. The first-order chi connectivity index (χ1) is 11.1. The summed E-state index contributed by atoms with van der Waals surface area (Å²) in [6.07, 6.45) is 0. The number of benzene rings is 3. The molecule has 0 amide bonds. The minimum absolute atomic E-state index is 0.211. The van der Waals surface area contributed by atoms with Crippen LogP contribution >= 0.6 is 0 Å². The first-order valence-corrected chi connectivity index (χ1v) is 7.85. The van der Waals surface area contributed by atoms with Crippen molar-refractivity contribution in [2.24, 2.45) is 0 Å². The van der Waals surface area contributed by atoms with Gasteiger partial charge in [0.25, 0.3) is 0 Å². The average Bonchev–Trinajstić information content (AvgIpc) is 2.58. The highest BCUT2D eigenvalue weighted by Gasteiger charge is 2.13. The van der Waals surface area contributed by atoms with Gasteiger partial charge in [-0.15, -0.1) is 0 Å². The second kappa shape index (κ2) is 6.66. The van der Waals surface area contributed by atoms with E-state index in [1.54, 1.807) is 0 Å². The predicted molar refractivity (Wildman–Crippen MR) is 95.6 cm³/mol. The van der Waals surface area contributed by atoms with Crippen LogP contribution < -0.4 is 4.90 Å². The summed E-state index contributed by atoms with van der Waals surface area (Å²) in [5, 5.41) is 0. The Balaban J connectivity index is 1.93. The molecule has 2 heteroatoms. The lowest BCUT2D eigenvalue weighted by Gasteiger charge is -2.29. The van der Waals surface area contributed by atoms with Gasteiger partial charge in [-0.3, -0.25) is 0 Å². The van der Waals surface area contributed by atoms with Crippen LogP contribution in [0.1, 0.15) is 13.8 Å². The lowest BCUT2D eigenvalue weighted by Crippen LogP contribution is -2.25. The number of hydrogen-bond donors (Lipinski definition) is 0. The van der Waals surface area contributed by atoms with E-state index in [-0.39, 0.29) is 11.9 Å². The van der Waals surface area contributed by atoms with Gasteiger partial charge in [0.2, 0.25) is 0 Å². The van der Waals surface area contributed by atoms with Crippen LogP contribution in [-0.2, 0) is 0 Å². The van der Waals surface area contributed by atoms with Crippen molar-refractivity contribution in [3.05, 3.63) is 84.7 Å². The smallest absolute Gasteiger partial charge is 0.123 e. The monoisotopic (exact) mass is 305 g/mol. The molecule has 3 rings (SSSR count). The molecule has 3 aromatic rings. The molecule has 0 spiro atoms. The van der Waals surface area contributed by atoms with Crippen molar-refractivity contribution in [2.45, 2.75) is 19.9 Å². The van der Waals surface area contributed by atoms with Crippen LogP contribution in [0.2, 0.25) is 0 Å². The summed E-state index contributed by atoms with van der Waals surface area (Å²) in [5.74, 6) is -0.211. The van der Waals surface area contributed by atoms with Crippen molar-refractivity contribution < 1.29 is 4.39 Å². The van der Waals surface area contributed by atoms with Crippen LogP contribution in [0, 0.1) is 5.82 Å². The minimum atomic E-state index is -0.211. The Morgan fingerprint density at radius 2 is 1.13 bits per heavy atom. The SMILES string of the molecule is CC(C)N(c1ccc(F)cc1)c1ccc(-c2ccccc2)cc1. The number of nitrogens with zero attached hydrogens (tertiary/aromatic N) is 1. The summed E-state index contributed by atoms with van der Waals surface area (Å²) >= 11 is 0. The summed E-state index contributed by atoms with van der Waals surface area (Å²) in [7, 11) is 0. The van der Waals surface area contributed by atoms with Crippen LogP contribution in [0.5, 0.6) is 0 Å². The number of rotatable bonds is 4. The van der Waals surface area contributed by atoms with E-state index in [0.29, 0.717) is 0 Å². The first-order valence-electron chi connectivity index (χ1n) is 7.85. The van der Waals surface area contributed by atoms with Crippen molar-refractivity contribution in [3.8, 4) is 11.1 Å². The molecular formula is C21H20FN. The molecule has 0 unspecified atom stereocenters. The van der Waals surface area contributed by atoms with Crippen molar-refractivity contribution in [1.82, 2.24) is 0 Å². The third kappa shape index (κ3) is 3.42. The van der Waals surface area contributed by atoms with Crippen LogP contribution in [0.4, 0.5) is 15.8 Å². The predicted octanol–water partition coefficient (Wildman–Crippen LogP) is 6.04. The van der Waals surface area contributed by atoms with Gasteiger partial charge < -0.3 is 4.90 Å². The van der Waals surface area contributed by atoms with Gasteiger partial charge in [0.05, 0.1) is 0 Å². The number of halogens is 1. The minimum Gasteiger partial charge on any atom is -0.339 e. The highest BCUT2D eigenvalue weighted by Crippen LogP contribution is 2.30. The van der Waals surface area contributed by atoms with Crippen LogP contribution in [0.15, 0.2) is 78.9 Å². The van der Waals surface area contributed by atoms with Crippen molar-refractivity contribution >= 4 is 11.4 Å². The first kappa shape index (κ1) is 15.3. The van der Waals surface area contributed by atoms with Crippen LogP contribution in [0.3, 0.4) is 0 Å². The van der Waals surface area contributed by atoms with E-state index in [0.717, 1.165) is 11.4 Å². The Labute approximate surface area is 137 Å². The highest BCUT2D eigenvalue weighted by atomic mass is 19.1. The van der Waals surface area contributed by atoms with Gasteiger partial charge in [0, 0.05) is 17.4 Å². The lowest BCUT2D eigenvalue weighted by molar-refractivity contribution is 0.627. The number of anilines is 2. The molecule has 0 aromatic heterocycles. The maximum atomic E-state index is 13.2. The standard InChI is InChI=1S/C21H20FN/c1-16(2)23(21-14-10-19(22)11-15-21)20-12-8-18(9-13-20)17-6-4-3-5-7-17/h3-16H,1-2H3. The maximum Gasteiger partial charge on any atom is 0.123 e. The van der Waals surface area contributed by atoms with Gasteiger partial charge in [-0.05, 0) is 61.4 Å². The molecule has 0 bridgehead atoms. The number of hydrogen-bond acceptors (Lipinski definition) is 1. The van der Waals surface area contributed by atoms with Gasteiger partial charge >= 0.3 is 0 Å². The molecule has 0 saturated heterocycles. The van der Waals surface area contributed by atoms with Crippen molar-refractivity contribution in [3.63, 3.8) is 0 Å². The van der Waals surface area contributed by atoms with E-state index < -0.39 is 0 Å². The third-order valence-electron chi connectivity index (χ3n) is 3.87. The van der Waals surface area contributed by atoms with Gasteiger partial charge in [-0.2, -0.15) is 0 Å². The van der Waals surface area contributed by atoms with Gasteiger partial charge in [-0.1, -0.05) is 42.5 Å². The Morgan fingerprint density at radius 1 is 0.652 bits per heavy atom. The molecule has 3 aromatic carbocycles. The molecule has 0 aliphatic rings. The topological polar surface area (TPSA) is 3.24 Å². The Bertz CT molecular complexity index is 746. The second-order valence-corrected chi connectivity index (χ2v) is 5.85. The fraction of sp³-hybridized carbons (Fsp3) is 0.143. The van der Waals surface area contributed by atoms with E-state index >= 15 is 0 Å². The molecule has 0 heterocycles. The molecule has 0 radical (unpaired) electrons. The zero-order valence-electron chi connectivity index (χ0n) is 13.4. The Hall–Kier alpha value is -2.61. The average molecular weight is 305 g/mol. The molecule has 0 aliphatic carbocycles. The zero-order valence-corrected chi connectivity index (χ0v) is 13.4. The van der Waals surface area contributed by atoms with E-state index in [2.05, 4.69) is 55.1 Å². The lowest BCUT2D eigenvalue weighted by atomic mass is 10.0. The van der Waals surface area contributed by atoms with Crippen LogP contribution in [0.25, 0.3) is 11.1 Å². The largest absolute Gasteiger partial charge is 0.339 e. The third-order valence-corrected chi connectivity index (χ3v) is 3.87. The van der Waals surface area contributed by atoms with E-state index in [1.807, 2.05) is 30.3 Å². The molecule has 23 heavy (non-hydrogen) atoms. The summed E-state index contributed by atoms with van der Waals surface area (Å²) < 4.78 is 13.2. The summed E-state index contributed by atoms with van der Waals surface area (Å²) in [5.41, 5.74) is 4.49. The summed E-state index contributed by atoms with van der Waals surface area (Å²) in [6.45, 7) is 4.27.